The third-order valence-corrected chi connectivity index (χ3v) is 2.61. The van der Waals surface area contributed by atoms with Crippen LogP contribution < -0.4 is 0 Å². The van der Waals surface area contributed by atoms with E-state index in [0.717, 1.165) is 13.0 Å². The number of rotatable bonds is 2. The minimum Gasteiger partial charge on any atom is -0.392 e. The highest BCUT2D eigenvalue weighted by Crippen LogP contribution is 2.18. The molecule has 78 valence electrons. The summed E-state index contributed by atoms with van der Waals surface area (Å²) in [6.45, 7) is 8.02. The molecule has 0 aliphatic carbocycles. The van der Waals surface area contributed by atoms with Crippen molar-refractivity contribution < 1.29 is 10.2 Å². The first-order chi connectivity index (χ1) is 5.88. The van der Waals surface area contributed by atoms with Crippen molar-refractivity contribution in [2.45, 2.75) is 38.9 Å². The van der Waals surface area contributed by atoms with Gasteiger partial charge in [-0.25, -0.2) is 0 Å². The van der Waals surface area contributed by atoms with Crippen molar-refractivity contribution in [1.29, 1.82) is 0 Å². The molecule has 3 heteroatoms. The molecule has 0 aromatic rings. The van der Waals surface area contributed by atoms with E-state index in [4.69, 9.17) is 0 Å². The Bertz CT molecular complexity index is 165. The lowest BCUT2D eigenvalue weighted by Gasteiger charge is -2.37. The Morgan fingerprint density at radius 1 is 1.46 bits per heavy atom. The topological polar surface area (TPSA) is 43.7 Å². The van der Waals surface area contributed by atoms with Crippen LogP contribution in [0, 0.1) is 5.92 Å². The quantitative estimate of drug-likeness (QED) is 0.660. The van der Waals surface area contributed by atoms with Crippen molar-refractivity contribution >= 4 is 0 Å². The zero-order chi connectivity index (χ0) is 10.1. The van der Waals surface area contributed by atoms with Gasteiger partial charge in [0.2, 0.25) is 0 Å². The molecule has 0 aromatic heterocycles. The molecule has 2 unspecified atom stereocenters. The van der Waals surface area contributed by atoms with E-state index in [1.807, 2.05) is 0 Å². The molecule has 2 N–H and O–H groups in total. The van der Waals surface area contributed by atoms with Gasteiger partial charge in [-0.2, -0.15) is 0 Å². The van der Waals surface area contributed by atoms with E-state index in [9.17, 15) is 10.2 Å². The van der Waals surface area contributed by atoms with Gasteiger partial charge in [0, 0.05) is 13.1 Å². The fraction of sp³-hybridized carbons (Fsp3) is 1.00. The number of piperidine rings is 1. The lowest BCUT2D eigenvalue weighted by molar-refractivity contribution is -0.0170. The van der Waals surface area contributed by atoms with Crippen molar-refractivity contribution in [1.82, 2.24) is 4.90 Å². The smallest absolute Gasteiger partial charge is 0.0718 e. The summed E-state index contributed by atoms with van der Waals surface area (Å²) in [5.41, 5.74) is -0.652. The fourth-order valence-corrected chi connectivity index (χ4v) is 1.81. The standard InChI is InChI=1S/C10H21NO2/c1-8-4-5-11(6-9(8)12)7-10(2,3)13/h8-9,12-13H,4-7H2,1-3H3. The predicted molar refractivity (Wildman–Crippen MR) is 52.5 cm³/mol. The molecule has 0 spiro atoms. The largest absolute Gasteiger partial charge is 0.392 e. The monoisotopic (exact) mass is 187 g/mol. The molecule has 1 rings (SSSR count). The molecule has 1 saturated heterocycles. The first kappa shape index (κ1) is 11.0. The minimum absolute atomic E-state index is 0.226. The lowest BCUT2D eigenvalue weighted by Crippen LogP contribution is -2.48. The number of β-amino-alcohol motifs (C(OH)–C–C–N with tert-alkyl or cyclic N) is 2. The summed E-state index contributed by atoms with van der Waals surface area (Å²) in [6.07, 6.45) is 0.799. The zero-order valence-electron chi connectivity index (χ0n) is 8.82. The van der Waals surface area contributed by atoms with E-state index >= 15 is 0 Å². The number of likely N-dealkylation sites (tertiary alicyclic amines) is 1. The van der Waals surface area contributed by atoms with Crippen LogP contribution in [0.1, 0.15) is 27.2 Å². The Morgan fingerprint density at radius 3 is 2.54 bits per heavy atom. The first-order valence-electron chi connectivity index (χ1n) is 5.01. The van der Waals surface area contributed by atoms with E-state index in [0.29, 0.717) is 19.0 Å². The number of aliphatic hydroxyl groups excluding tert-OH is 1. The third-order valence-electron chi connectivity index (χ3n) is 2.61. The van der Waals surface area contributed by atoms with Gasteiger partial charge in [-0.15, -0.1) is 0 Å². The molecule has 3 nitrogen and oxygen atoms in total. The van der Waals surface area contributed by atoms with E-state index in [1.54, 1.807) is 13.8 Å². The number of hydrogen-bond acceptors (Lipinski definition) is 3. The predicted octanol–water partition coefficient (Wildman–Crippen LogP) is 0.460. The molecule has 0 bridgehead atoms. The molecule has 1 fully saturated rings. The molecule has 1 heterocycles. The Labute approximate surface area is 80.4 Å². The number of nitrogens with zero attached hydrogens (tertiary/aromatic N) is 1. The maximum atomic E-state index is 9.62. The Kier molecular flexibility index (Phi) is 3.33. The van der Waals surface area contributed by atoms with Gasteiger partial charge in [0.05, 0.1) is 11.7 Å². The number of aliphatic hydroxyl groups is 2. The Morgan fingerprint density at radius 2 is 2.08 bits per heavy atom. The fourth-order valence-electron chi connectivity index (χ4n) is 1.81. The van der Waals surface area contributed by atoms with Crippen molar-refractivity contribution in [3.8, 4) is 0 Å². The highest BCUT2D eigenvalue weighted by molar-refractivity contribution is 4.81. The average molecular weight is 187 g/mol. The highest BCUT2D eigenvalue weighted by Gasteiger charge is 2.27. The third kappa shape index (κ3) is 3.63. The van der Waals surface area contributed by atoms with Crippen molar-refractivity contribution in [2.75, 3.05) is 19.6 Å². The van der Waals surface area contributed by atoms with Crippen LogP contribution in [0.4, 0.5) is 0 Å². The lowest BCUT2D eigenvalue weighted by atomic mass is 9.95. The van der Waals surface area contributed by atoms with Gasteiger partial charge in [0.25, 0.3) is 0 Å². The summed E-state index contributed by atoms with van der Waals surface area (Å²) in [5, 5.41) is 19.2. The van der Waals surface area contributed by atoms with Crippen molar-refractivity contribution in [2.24, 2.45) is 5.92 Å². The van der Waals surface area contributed by atoms with Gasteiger partial charge in [0.15, 0.2) is 0 Å². The second kappa shape index (κ2) is 3.95. The Hall–Kier alpha value is -0.120. The minimum atomic E-state index is -0.652. The van der Waals surface area contributed by atoms with Gasteiger partial charge in [-0.1, -0.05) is 6.92 Å². The second-order valence-corrected chi connectivity index (χ2v) is 4.88. The van der Waals surface area contributed by atoms with Gasteiger partial charge in [0.1, 0.15) is 0 Å². The summed E-state index contributed by atoms with van der Waals surface area (Å²) in [5.74, 6) is 0.401. The second-order valence-electron chi connectivity index (χ2n) is 4.88. The van der Waals surface area contributed by atoms with Crippen LogP contribution in [0.3, 0.4) is 0 Å². The maximum Gasteiger partial charge on any atom is 0.0718 e. The molecule has 13 heavy (non-hydrogen) atoms. The molecule has 2 atom stereocenters. The highest BCUT2D eigenvalue weighted by atomic mass is 16.3. The Balaban J connectivity index is 2.38. The molecule has 0 aromatic carbocycles. The summed E-state index contributed by atoms with van der Waals surface area (Å²) in [6, 6.07) is 0. The molecule has 1 aliphatic heterocycles. The maximum absolute atomic E-state index is 9.62. The average Bonchev–Trinajstić information content (AvgIpc) is 1.94. The molecular weight excluding hydrogens is 166 g/mol. The van der Waals surface area contributed by atoms with Crippen LogP contribution in [0.15, 0.2) is 0 Å². The molecular formula is C10H21NO2. The summed E-state index contributed by atoms with van der Waals surface area (Å²) < 4.78 is 0. The van der Waals surface area contributed by atoms with E-state index < -0.39 is 5.60 Å². The van der Waals surface area contributed by atoms with Gasteiger partial charge >= 0.3 is 0 Å². The van der Waals surface area contributed by atoms with Crippen LogP contribution in [-0.2, 0) is 0 Å². The molecule has 0 radical (unpaired) electrons. The zero-order valence-corrected chi connectivity index (χ0v) is 8.82. The van der Waals surface area contributed by atoms with E-state index in [2.05, 4.69) is 11.8 Å². The molecule has 0 saturated carbocycles. The van der Waals surface area contributed by atoms with E-state index in [1.165, 1.54) is 0 Å². The van der Waals surface area contributed by atoms with Crippen LogP contribution in [0.2, 0.25) is 0 Å². The normalized spacial score (nSPS) is 32.1. The molecule has 0 amide bonds. The van der Waals surface area contributed by atoms with Gasteiger partial charge < -0.3 is 10.2 Å². The summed E-state index contributed by atoms with van der Waals surface area (Å²) in [7, 11) is 0. The van der Waals surface area contributed by atoms with E-state index in [-0.39, 0.29) is 6.10 Å². The van der Waals surface area contributed by atoms with Gasteiger partial charge in [-0.05, 0) is 32.7 Å². The van der Waals surface area contributed by atoms with Crippen molar-refractivity contribution in [3.63, 3.8) is 0 Å². The summed E-state index contributed by atoms with van der Waals surface area (Å²) in [4.78, 5) is 2.13. The summed E-state index contributed by atoms with van der Waals surface area (Å²) >= 11 is 0. The van der Waals surface area contributed by atoms with Crippen LogP contribution in [0.25, 0.3) is 0 Å². The SMILES string of the molecule is CC1CCN(CC(C)(C)O)CC1O. The van der Waals surface area contributed by atoms with Crippen LogP contribution in [-0.4, -0.2) is 46.5 Å². The first-order valence-corrected chi connectivity index (χ1v) is 5.01. The van der Waals surface area contributed by atoms with Crippen LogP contribution in [0.5, 0.6) is 0 Å². The van der Waals surface area contributed by atoms with Gasteiger partial charge in [-0.3, -0.25) is 4.90 Å². The van der Waals surface area contributed by atoms with Crippen molar-refractivity contribution in [3.05, 3.63) is 0 Å². The molecule has 1 aliphatic rings. The number of hydrogen-bond donors (Lipinski definition) is 2. The van der Waals surface area contributed by atoms with Crippen LogP contribution >= 0.6 is 0 Å².